The lowest BCUT2D eigenvalue weighted by Crippen LogP contribution is -1.85. The van der Waals surface area contributed by atoms with E-state index in [9.17, 15) is 0 Å². The summed E-state index contributed by atoms with van der Waals surface area (Å²) >= 11 is 1.72. The van der Waals surface area contributed by atoms with Crippen LogP contribution in [0.15, 0.2) is 35.8 Å². The summed E-state index contributed by atoms with van der Waals surface area (Å²) in [6, 6.07) is 8.28. The van der Waals surface area contributed by atoms with Crippen LogP contribution in [0.3, 0.4) is 0 Å². The molecule has 0 aliphatic heterocycles. The highest BCUT2D eigenvalue weighted by atomic mass is 32.1. The molecule has 2 heterocycles. The lowest BCUT2D eigenvalue weighted by molar-refractivity contribution is 1.10. The normalized spacial score (nSPS) is 10.9. The highest BCUT2D eigenvalue weighted by molar-refractivity contribution is 7.17. The van der Waals surface area contributed by atoms with Crippen molar-refractivity contribution in [1.82, 2.24) is 10.2 Å². The minimum Gasteiger partial charge on any atom is -0.396 e. The molecule has 0 atom stereocenters. The van der Waals surface area contributed by atoms with Crippen molar-refractivity contribution in [3.8, 4) is 11.3 Å². The van der Waals surface area contributed by atoms with E-state index >= 15 is 0 Å². The average Bonchev–Trinajstić information content (AvgIpc) is 2.83. The molecule has 0 spiro atoms. The molecule has 0 aliphatic carbocycles. The Morgan fingerprint density at radius 2 is 2.13 bits per heavy atom. The Morgan fingerprint density at radius 3 is 2.93 bits per heavy atom. The van der Waals surface area contributed by atoms with E-state index < -0.39 is 0 Å². The summed E-state index contributed by atoms with van der Waals surface area (Å²) in [7, 11) is 0. The summed E-state index contributed by atoms with van der Waals surface area (Å²) < 4.78 is 1.27. The molecule has 0 fully saturated rings. The van der Waals surface area contributed by atoms with Gasteiger partial charge in [-0.15, -0.1) is 11.3 Å². The molecule has 0 radical (unpaired) electrons. The van der Waals surface area contributed by atoms with Gasteiger partial charge in [0.1, 0.15) is 0 Å². The number of hydrogen-bond acceptors (Lipinski definition) is 3. The number of nitrogen functional groups attached to an aromatic ring is 1. The number of thiophene rings is 1. The van der Waals surface area contributed by atoms with Crippen molar-refractivity contribution in [3.05, 3.63) is 35.8 Å². The third-order valence-electron chi connectivity index (χ3n) is 2.42. The Labute approximate surface area is 90.5 Å². The van der Waals surface area contributed by atoms with E-state index in [0.717, 1.165) is 11.3 Å². The maximum atomic E-state index is 5.83. The van der Waals surface area contributed by atoms with Crippen LogP contribution in [0.25, 0.3) is 21.3 Å². The van der Waals surface area contributed by atoms with E-state index in [2.05, 4.69) is 27.7 Å². The van der Waals surface area contributed by atoms with E-state index in [1.807, 2.05) is 12.1 Å². The molecule has 0 unspecified atom stereocenters. The quantitative estimate of drug-likeness (QED) is 0.655. The number of aromatic amines is 1. The predicted octanol–water partition coefficient (Wildman–Crippen LogP) is 2.87. The second-order valence-electron chi connectivity index (χ2n) is 3.35. The lowest BCUT2D eigenvalue weighted by Gasteiger charge is -1.96. The number of nitrogens with zero attached hydrogens (tertiary/aromatic N) is 1. The van der Waals surface area contributed by atoms with Crippen LogP contribution in [-0.2, 0) is 0 Å². The van der Waals surface area contributed by atoms with Crippen molar-refractivity contribution < 1.29 is 0 Å². The molecule has 0 bridgehead atoms. The second kappa shape index (κ2) is 3.10. The van der Waals surface area contributed by atoms with E-state index in [1.165, 1.54) is 10.1 Å². The molecule has 15 heavy (non-hydrogen) atoms. The van der Waals surface area contributed by atoms with E-state index in [0.29, 0.717) is 5.69 Å². The fraction of sp³-hybridized carbons (Fsp3) is 0. The van der Waals surface area contributed by atoms with Crippen LogP contribution in [0.4, 0.5) is 5.69 Å². The molecular weight excluding hydrogens is 206 g/mol. The van der Waals surface area contributed by atoms with Gasteiger partial charge in [-0.05, 0) is 6.07 Å². The fourth-order valence-electron chi connectivity index (χ4n) is 1.68. The monoisotopic (exact) mass is 215 g/mol. The number of nitrogens with one attached hydrogen (secondary N) is 1. The molecule has 2 aromatic heterocycles. The SMILES string of the molecule is Nc1cn[nH]c1-c1csc2ccccc12. The Balaban J connectivity index is 2.32. The number of rotatable bonds is 1. The molecule has 74 valence electrons. The second-order valence-corrected chi connectivity index (χ2v) is 4.26. The molecule has 0 saturated heterocycles. The molecule has 3 nitrogen and oxygen atoms in total. The van der Waals surface area contributed by atoms with Gasteiger partial charge < -0.3 is 5.73 Å². The fourth-order valence-corrected chi connectivity index (χ4v) is 2.63. The summed E-state index contributed by atoms with van der Waals surface area (Å²) in [5.41, 5.74) is 8.57. The molecular formula is C11H9N3S. The number of anilines is 1. The molecule has 0 aliphatic rings. The molecule has 3 rings (SSSR count). The van der Waals surface area contributed by atoms with Crippen LogP contribution < -0.4 is 5.73 Å². The maximum Gasteiger partial charge on any atom is 0.0894 e. The van der Waals surface area contributed by atoms with E-state index in [1.54, 1.807) is 17.5 Å². The van der Waals surface area contributed by atoms with Gasteiger partial charge in [-0.25, -0.2) is 0 Å². The largest absolute Gasteiger partial charge is 0.396 e. The zero-order valence-corrected chi connectivity index (χ0v) is 8.71. The van der Waals surface area contributed by atoms with Gasteiger partial charge in [-0.2, -0.15) is 5.10 Å². The summed E-state index contributed by atoms with van der Waals surface area (Å²) in [5.74, 6) is 0. The summed E-state index contributed by atoms with van der Waals surface area (Å²) in [4.78, 5) is 0. The van der Waals surface area contributed by atoms with Crippen molar-refractivity contribution >= 4 is 27.1 Å². The minimum absolute atomic E-state index is 0.693. The Kier molecular flexibility index (Phi) is 1.76. The van der Waals surface area contributed by atoms with Crippen molar-refractivity contribution in [1.29, 1.82) is 0 Å². The number of benzene rings is 1. The smallest absolute Gasteiger partial charge is 0.0894 e. The third-order valence-corrected chi connectivity index (χ3v) is 3.38. The van der Waals surface area contributed by atoms with Crippen molar-refractivity contribution in [3.63, 3.8) is 0 Å². The summed E-state index contributed by atoms with van der Waals surface area (Å²) in [6.45, 7) is 0. The number of fused-ring (bicyclic) bond motifs is 1. The van der Waals surface area contributed by atoms with Crippen LogP contribution >= 0.6 is 11.3 Å². The molecule has 4 heteroatoms. The standard InChI is InChI=1S/C11H9N3S/c12-9-5-13-14-11(9)8-6-15-10-4-2-1-3-7(8)10/h1-6H,12H2,(H,13,14). The Hall–Kier alpha value is -1.81. The highest BCUT2D eigenvalue weighted by Crippen LogP contribution is 2.34. The van der Waals surface area contributed by atoms with E-state index in [4.69, 9.17) is 5.73 Å². The van der Waals surface area contributed by atoms with Gasteiger partial charge in [-0.3, -0.25) is 5.10 Å². The van der Waals surface area contributed by atoms with Gasteiger partial charge in [0.05, 0.1) is 17.6 Å². The predicted molar refractivity (Wildman–Crippen MR) is 63.8 cm³/mol. The minimum atomic E-state index is 0.693. The molecule has 3 aromatic rings. The van der Waals surface area contributed by atoms with Gasteiger partial charge in [0.25, 0.3) is 0 Å². The van der Waals surface area contributed by atoms with Crippen LogP contribution in [-0.4, -0.2) is 10.2 Å². The van der Waals surface area contributed by atoms with Crippen LogP contribution in [0.5, 0.6) is 0 Å². The summed E-state index contributed by atoms with van der Waals surface area (Å²) in [6.07, 6.45) is 1.64. The number of H-pyrrole nitrogens is 1. The number of hydrogen-bond donors (Lipinski definition) is 2. The highest BCUT2D eigenvalue weighted by Gasteiger charge is 2.09. The third kappa shape index (κ3) is 1.22. The van der Waals surface area contributed by atoms with Crippen LogP contribution in [0.1, 0.15) is 0 Å². The van der Waals surface area contributed by atoms with E-state index in [-0.39, 0.29) is 0 Å². The first-order valence-electron chi connectivity index (χ1n) is 4.62. The molecule has 0 saturated carbocycles. The van der Waals surface area contributed by atoms with Crippen molar-refractivity contribution in [2.75, 3.05) is 5.73 Å². The Bertz CT molecular complexity index is 609. The first kappa shape index (κ1) is 8.49. The number of nitrogens with two attached hydrogens (primary N) is 1. The first-order chi connectivity index (χ1) is 7.36. The maximum absolute atomic E-state index is 5.83. The van der Waals surface area contributed by atoms with Crippen molar-refractivity contribution in [2.45, 2.75) is 0 Å². The molecule has 3 N–H and O–H groups in total. The van der Waals surface area contributed by atoms with Crippen molar-refractivity contribution in [2.24, 2.45) is 0 Å². The average molecular weight is 215 g/mol. The topological polar surface area (TPSA) is 54.7 Å². The Morgan fingerprint density at radius 1 is 1.27 bits per heavy atom. The first-order valence-corrected chi connectivity index (χ1v) is 5.49. The summed E-state index contributed by atoms with van der Waals surface area (Å²) in [5, 5.41) is 10.2. The number of aromatic nitrogens is 2. The van der Waals surface area contributed by atoms with Crippen LogP contribution in [0, 0.1) is 0 Å². The zero-order valence-electron chi connectivity index (χ0n) is 7.90. The lowest BCUT2D eigenvalue weighted by atomic mass is 10.1. The van der Waals surface area contributed by atoms with Gasteiger partial charge in [-0.1, -0.05) is 18.2 Å². The molecule has 1 aromatic carbocycles. The van der Waals surface area contributed by atoms with Gasteiger partial charge in [0, 0.05) is 21.0 Å². The van der Waals surface area contributed by atoms with Gasteiger partial charge >= 0.3 is 0 Å². The zero-order chi connectivity index (χ0) is 10.3. The molecule has 0 amide bonds. The van der Waals surface area contributed by atoms with Gasteiger partial charge in [0.2, 0.25) is 0 Å². The van der Waals surface area contributed by atoms with Crippen LogP contribution in [0.2, 0.25) is 0 Å². The van der Waals surface area contributed by atoms with Gasteiger partial charge in [0.15, 0.2) is 0 Å².